The third kappa shape index (κ3) is 8.22. The summed E-state index contributed by atoms with van der Waals surface area (Å²) in [7, 11) is 1.55. The lowest BCUT2D eigenvalue weighted by atomic mass is 10.1. The van der Waals surface area contributed by atoms with E-state index in [9.17, 15) is 4.79 Å². The highest BCUT2D eigenvalue weighted by Crippen LogP contribution is 2.16. The average Bonchev–Trinajstić information content (AvgIpc) is 2.46. The monoisotopic (exact) mass is 330 g/mol. The van der Waals surface area contributed by atoms with Crippen LogP contribution in [0.1, 0.15) is 26.7 Å². The number of halogens is 1. The second-order valence-corrected chi connectivity index (χ2v) is 5.40. The van der Waals surface area contributed by atoms with Crippen molar-refractivity contribution in [3.8, 4) is 5.75 Å². The van der Waals surface area contributed by atoms with Crippen molar-refractivity contribution in [2.45, 2.75) is 32.8 Å². The van der Waals surface area contributed by atoms with Crippen molar-refractivity contribution in [3.05, 3.63) is 24.3 Å². The first-order chi connectivity index (χ1) is 10.0. The lowest BCUT2D eigenvalue weighted by Crippen LogP contribution is -2.28. The van der Waals surface area contributed by atoms with Crippen molar-refractivity contribution in [2.75, 3.05) is 25.6 Å². The van der Waals surface area contributed by atoms with Gasteiger partial charge in [0, 0.05) is 19.3 Å². The zero-order chi connectivity index (χ0) is 15.7. The van der Waals surface area contributed by atoms with Crippen LogP contribution in [0.25, 0.3) is 0 Å². The Bertz CT molecular complexity index is 420. The number of ether oxygens (including phenoxy) is 2. The van der Waals surface area contributed by atoms with Gasteiger partial charge in [-0.3, -0.25) is 4.79 Å². The van der Waals surface area contributed by atoms with Crippen molar-refractivity contribution in [1.29, 1.82) is 0 Å². The maximum absolute atomic E-state index is 11.8. The van der Waals surface area contributed by atoms with Crippen LogP contribution in [-0.2, 0) is 9.53 Å². The van der Waals surface area contributed by atoms with Gasteiger partial charge in [-0.25, -0.2) is 0 Å². The number of hydrogen-bond donors (Lipinski definition) is 2. The summed E-state index contributed by atoms with van der Waals surface area (Å²) in [5.74, 6) is 1.32. The normalized spacial score (nSPS) is 11.7. The number of carbonyl (C=O) groups is 1. The Kier molecular flexibility index (Phi) is 10.6. The van der Waals surface area contributed by atoms with Crippen LogP contribution in [0.4, 0.5) is 5.69 Å². The number of amides is 1. The zero-order valence-electron chi connectivity index (χ0n) is 13.5. The fourth-order valence-electron chi connectivity index (χ4n) is 1.73. The molecule has 0 bridgehead atoms. The summed E-state index contributed by atoms with van der Waals surface area (Å²) in [5, 5.41) is 2.81. The molecule has 0 aliphatic rings. The van der Waals surface area contributed by atoms with Gasteiger partial charge in [0.15, 0.2) is 0 Å². The molecule has 22 heavy (non-hydrogen) atoms. The molecule has 1 aromatic rings. The summed E-state index contributed by atoms with van der Waals surface area (Å²) < 4.78 is 10.7. The molecule has 126 valence electrons. The number of anilines is 1. The fourth-order valence-corrected chi connectivity index (χ4v) is 1.73. The molecule has 0 heterocycles. The Morgan fingerprint density at radius 1 is 1.27 bits per heavy atom. The van der Waals surface area contributed by atoms with Gasteiger partial charge >= 0.3 is 0 Å². The largest absolute Gasteiger partial charge is 0.494 e. The van der Waals surface area contributed by atoms with Crippen LogP contribution in [-0.4, -0.2) is 32.3 Å². The number of nitrogens with one attached hydrogen (secondary N) is 1. The predicted molar refractivity (Wildman–Crippen MR) is 91.7 cm³/mol. The van der Waals surface area contributed by atoms with Crippen LogP contribution in [0.3, 0.4) is 0 Å². The molecule has 0 spiro atoms. The molecule has 0 radical (unpaired) electrons. The first-order valence-electron chi connectivity index (χ1n) is 7.30. The summed E-state index contributed by atoms with van der Waals surface area (Å²) in [6, 6.07) is 7.36. The van der Waals surface area contributed by atoms with E-state index in [2.05, 4.69) is 19.2 Å². The van der Waals surface area contributed by atoms with E-state index < -0.39 is 0 Å². The van der Waals surface area contributed by atoms with Crippen LogP contribution < -0.4 is 15.8 Å². The molecule has 6 heteroatoms. The van der Waals surface area contributed by atoms with Crippen LogP contribution in [0, 0.1) is 5.92 Å². The quantitative estimate of drug-likeness (QED) is 0.730. The van der Waals surface area contributed by atoms with Crippen LogP contribution >= 0.6 is 12.4 Å². The maximum atomic E-state index is 11.8. The Labute approximate surface area is 139 Å². The van der Waals surface area contributed by atoms with Crippen LogP contribution in [0.2, 0.25) is 0 Å². The Hall–Kier alpha value is -1.30. The summed E-state index contributed by atoms with van der Waals surface area (Å²) in [6.45, 7) is 5.36. The molecule has 0 aliphatic heterocycles. The van der Waals surface area contributed by atoms with Crippen molar-refractivity contribution in [2.24, 2.45) is 11.7 Å². The maximum Gasteiger partial charge on any atom is 0.227 e. The van der Waals surface area contributed by atoms with Gasteiger partial charge < -0.3 is 20.5 Å². The topological polar surface area (TPSA) is 73.6 Å². The van der Waals surface area contributed by atoms with Crippen LogP contribution in [0.5, 0.6) is 5.75 Å². The number of nitrogens with two attached hydrogens (primary N) is 1. The van der Waals surface area contributed by atoms with Gasteiger partial charge in [-0.15, -0.1) is 12.4 Å². The van der Waals surface area contributed by atoms with Crippen LogP contribution in [0.15, 0.2) is 24.3 Å². The van der Waals surface area contributed by atoms with E-state index in [1.807, 2.05) is 24.3 Å². The fraction of sp³-hybridized carbons (Fsp3) is 0.562. The molecule has 1 unspecified atom stereocenters. The van der Waals surface area contributed by atoms with E-state index in [0.29, 0.717) is 19.1 Å². The number of hydrogen-bond acceptors (Lipinski definition) is 4. The minimum Gasteiger partial charge on any atom is -0.494 e. The van der Waals surface area contributed by atoms with E-state index in [1.54, 1.807) is 7.11 Å². The summed E-state index contributed by atoms with van der Waals surface area (Å²) in [5.41, 5.74) is 6.23. The molecular weight excluding hydrogens is 304 g/mol. The number of methoxy groups -OCH3 is 1. The third-order valence-corrected chi connectivity index (χ3v) is 3.11. The van der Waals surface area contributed by atoms with Crippen molar-refractivity contribution >= 4 is 24.0 Å². The number of rotatable bonds is 9. The minimum absolute atomic E-state index is 0. The second-order valence-electron chi connectivity index (χ2n) is 5.40. The predicted octanol–water partition coefficient (Wildman–Crippen LogP) is 2.84. The van der Waals surface area contributed by atoms with E-state index in [4.69, 9.17) is 15.2 Å². The van der Waals surface area contributed by atoms with Gasteiger partial charge in [0.1, 0.15) is 5.75 Å². The first-order valence-corrected chi connectivity index (χ1v) is 7.30. The number of benzene rings is 1. The lowest BCUT2D eigenvalue weighted by Gasteiger charge is -2.13. The lowest BCUT2D eigenvalue weighted by molar-refractivity contribution is -0.118. The molecule has 0 saturated heterocycles. The highest BCUT2D eigenvalue weighted by atomic mass is 35.5. The highest BCUT2D eigenvalue weighted by Gasteiger charge is 2.11. The SMILES string of the molecule is COC(CN)CC(=O)Nc1ccc(OCCC(C)C)cc1.Cl. The summed E-state index contributed by atoms with van der Waals surface area (Å²) in [4.78, 5) is 11.8. The van der Waals surface area contributed by atoms with Gasteiger partial charge in [-0.05, 0) is 36.6 Å². The van der Waals surface area contributed by atoms with Gasteiger partial charge in [0.25, 0.3) is 0 Å². The molecule has 0 saturated carbocycles. The third-order valence-electron chi connectivity index (χ3n) is 3.11. The molecule has 5 nitrogen and oxygen atoms in total. The van der Waals surface area contributed by atoms with E-state index in [-0.39, 0.29) is 30.8 Å². The molecule has 1 rings (SSSR count). The second kappa shape index (κ2) is 11.3. The molecule has 1 amide bonds. The molecule has 0 aliphatic carbocycles. The van der Waals surface area contributed by atoms with Gasteiger partial charge in [-0.2, -0.15) is 0 Å². The summed E-state index contributed by atoms with van der Waals surface area (Å²) >= 11 is 0. The molecule has 0 aromatic heterocycles. The molecule has 1 aromatic carbocycles. The highest BCUT2D eigenvalue weighted by molar-refractivity contribution is 5.91. The van der Waals surface area contributed by atoms with E-state index in [1.165, 1.54) is 0 Å². The minimum atomic E-state index is -0.247. The van der Waals surface area contributed by atoms with Crippen molar-refractivity contribution in [3.63, 3.8) is 0 Å². The molecule has 3 N–H and O–H groups in total. The summed E-state index contributed by atoms with van der Waals surface area (Å²) in [6.07, 6.45) is 1.03. The smallest absolute Gasteiger partial charge is 0.227 e. The Morgan fingerprint density at radius 2 is 1.91 bits per heavy atom. The zero-order valence-corrected chi connectivity index (χ0v) is 14.3. The van der Waals surface area contributed by atoms with Gasteiger partial charge in [0.05, 0.1) is 19.1 Å². The number of carbonyl (C=O) groups excluding carboxylic acids is 1. The van der Waals surface area contributed by atoms with Crippen molar-refractivity contribution < 1.29 is 14.3 Å². The Balaban J connectivity index is 0.00000441. The average molecular weight is 331 g/mol. The molecule has 1 atom stereocenters. The van der Waals surface area contributed by atoms with E-state index >= 15 is 0 Å². The standard InChI is InChI=1S/C16H26N2O3.ClH/c1-12(2)8-9-21-14-6-4-13(5-7-14)18-16(19)10-15(11-17)20-3;/h4-7,12,15H,8-11,17H2,1-3H3,(H,18,19);1H. The van der Waals surface area contributed by atoms with E-state index in [0.717, 1.165) is 17.9 Å². The molecular formula is C16H27ClN2O3. The van der Waals surface area contributed by atoms with Crippen molar-refractivity contribution in [1.82, 2.24) is 0 Å². The van der Waals surface area contributed by atoms with Gasteiger partial charge in [0.2, 0.25) is 5.91 Å². The molecule has 0 fully saturated rings. The van der Waals surface area contributed by atoms with Gasteiger partial charge in [-0.1, -0.05) is 13.8 Å². The first kappa shape index (κ1) is 20.7. The Morgan fingerprint density at radius 3 is 2.41 bits per heavy atom.